The number of hydrogen-bond donors (Lipinski definition) is 2. The van der Waals surface area contributed by atoms with E-state index in [0.29, 0.717) is 29.8 Å². The first kappa shape index (κ1) is 15.5. The van der Waals surface area contributed by atoms with Crippen molar-refractivity contribution in [1.82, 2.24) is 10.0 Å². The number of hydrogen-bond acceptors (Lipinski definition) is 3. The summed E-state index contributed by atoms with van der Waals surface area (Å²) < 4.78 is 27.5. The lowest BCUT2D eigenvalue weighted by atomic mass is 10.2. The van der Waals surface area contributed by atoms with Crippen LogP contribution in [0.25, 0.3) is 0 Å². The topological polar surface area (TPSA) is 58.2 Å². The van der Waals surface area contributed by atoms with Crippen molar-refractivity contribution in [1.29, 1.82) is 0 Å². The molecule has 0 saturated heterocycles. The number of rotatable bonds is 8. The van der Waals surface area contributed by atoms with Gasteiger partial charge in [0.2, 0.25) is 10.0 Å². The Morgan fingerprint density at radius 2 is 2.00 bits per heavy atom. The number of benzene rings is 1. The second-order valence-electron chi connectivity index (χ2n) is 5.61. The molecule has 0 aromatic heterocycles. The Labute approximate surface area is 122 Å². The SMILES string of the molecule is CCCNCc1ccccc1S(=O)(=O)NCC1CC1C. The van der Waals surface area contributed by atoms with Gasteiger partial charge in [-0.25, -0.2) is 13.1 Å². The molecule has 1 aliphatic carbocycles. The van der Waals surface area contributed by atoms with Crippen LogP contribution in [0.4, 0.5) is 0 Å². The summed E-state index contributed by atoms with van der Waals surface area (Å²) in [5.41, 5.74) is 0.831. The van der Waals surface area contributed by atoms with Gasteiger partial charge in [-0.1, -0.05) is 32.0 Å². The molecular weight excluding hydrogens is 272 g/mol. The van der Waals surface area contributed by atoms with Gasteiger partial charge in [-0.15, -0.1) is 0 Å². The lowest BCUT2D eigenvalue weighted by molar-refractivity contribution is 0.571. The Morgan fingerprint density at radius 1 is 1.30 bits per heavy atom. The Hall–Kier alpha value is -0.910. The van der Waals surface area contributed by atoms with Crippen molar-refractivity contribution in [2.24, 2.45) is 11.8 Å². The van der Waals surface area contributed by atoms with Crippen LogP contribution >= 0.6 is 0 Å². The second kappa shape index (κ2) is 6.70. The van der Waals surface area contributed by atoms with Crippen molar-refractivity contribution >= 4 is 10.0 Å². The van der Waals surface area contributed by atoms with Crippen LogP contribution in [0.1, 0.15) is 32.3 Å². The third-order valence-electron chi connectivity index (χ3n) is 3.82. The average molecular weight is 296 g/mol. The van der Waals surface area contributed by atoms with E-state index in [1.165, 1.54) is 0 Å². The maximum absolute atomic E-state index is 12.4. The predicted octanol–water partition coefficient (Wildman–Crippen LogP) is 2.12. The molecule has 1 fully saturated rings. The van der Waals surface area contributed by atoms with E-state index in [2.05, 4.69) is 23.9 Å². The molecule has 112 valence electrons. The van der Waals surface area contributed by atoms with E-state index in [0.717, 1.165) is 24.9 Å². The van der Waals surface area contributed by atoms with Gasteiger partial charge >= 0.3 is 0 Å². The third-order valence-corrected chi connectivity index (χ3v) is 5.34. The summed E-state index contributed by atoms with van der Waals surface area (Å²) >= 11 is 0. The fourth-order valence-electron chi connectivity index (χ4n) is 2.29. The quantitative estimate of drug-likeness (QED) is 0.723. The monoisotopic (exact) mass is 296 g/mol. The maximum atomic E-state index is 12.4. The minimum absolute atomic E-state index is 0.400. The van der Waals surface area contributed by atoms with Crippen LogP contribution in [0.15, 0.2) is 29.2 Å². The van der Waals surface area contributed by atoms with Crippen LogP contribution in [0.5, 0.6) is 0 Å². The summed E-state index contributed by atoms with van der Waals surface area (Å²) in [6.07, 6.45) is 2.16. The molecule has 0 amide bonds. The molecule has 1 aliphatic rings. The van der Waals surface area contributed by atoms with Gasteiger partial charge in [0.15, 0.2) is 0 Å². The summed E-state index contributed by atoms with van der Waals surface area (Å²) in [7, 11) is -3.40. The van der Waals surface area contributed by atoms with E-state index in [1.54, 1.807) is 12.1 Å². The molecule has 5 heteroatoms. The Balaban J connectivity index is 2.05. The van der Waals surface area contributed by atoms with Gasteiger partial charge in [-0.05, 0) is 42.9 Å². The molecule has 1 aromatic rings. The first-order valence-corrected chi connectivity index (χ1v) is 8.81. The van der Waals surface area contributed by atoms with Crippen LogP contribution in [0, 0.1) is 11.8 Å². The standard InChI is InChI=1S/C15H24N2O2S/c1-3-8-16-10-13-6-4-5-7-15(13)20(18,19)17-11-14-9-12(14)2/h4-7,12,14,16-17H,3,8-11H2,1-2H3. The molecule has 1 saturated carbocycles. The molecule has 2 unspecified atom stereocenters. The number of nitrogens with one attached hydrogen (secondary N) is 2. The van der Waals surface area contributed by atoms with Crippen LogP contribution in [-0.4, -0.2) is 21.5 Å². The van der Waals surface area contributed by atoms with E-state index in [-0.39, 0.29) is 0 Å². The molecule has 2 atom stereocenters. The second-order valence-corrected chi connectivity index (χ2v) is 7.34. The average Bonchev–Trinajstić information content (AvgIpc) is 3.13. The van der Waals surface area contributed by atoms with Gasteiger partial charge < -0.3 is 5.32 Å². The van der Waals surface area contributed by atoms with Gasteiger partial charge in [0.1, 0.15) is 0 Å². The highest BCUT2D eigenvalue weighted by Gasteiger charge is 2.33. The van der Waals surface area contributed by atoms with Crippen LogP contribution in [-0.2, 0) is 16.6 Å². The fraction of sp³-hybridized carbons (Fsp3) is 0.600. The van der Waals surface area contributed by atoms with Gasteiger partial charge in [0.25, 0.3) is 0 Å². The van der Waals surface area contributed by atoms with Gasteiger partial charge in [-0.2, -0.15) is 0 Å². The summed E-state index contributed by atoms with van der Waals surface area (Å²) in [5, 5.41) is 3.26. The van der Waals surface area contributed by atoms with Crippen molar-refractivity contribution < 1.29 is 8.42 Å². The molecule has 0 spiro atoms. The molecular formula is C15H24N2O2S. The summed E-state index contributed by atoms with van der Waals surface area (Å²) in [4.78, 5) is 0.400. The van der Waals surface area contributed by atoms with Crippen LogP contribution < -0.4 is 10.0 Å². The largest absolute Gasteiger partial charge is 0.313 e. The van der Waals surface area contributed by atoms with Crippen molar-refractivity contribution in [3.05, 3.63) is 29.8 Å². The normalized spacial score (nSPS) is 21.9. The molecule has 0 heterocycles. The fourth-order valence-corrected chi connectivity index (χ4v) is 3.62. The number of sulfonamides is 1. The van der Waals surface area contributed by atoms with Gasteiger partial charge in [0.05, 0.1) is 4.90 Å². The van der Waals surface area contributed by atoms with Crippen LogP contribution in [0.2, 0.25) is 0 Å². The lowest BCUT2D eigenvalue weighted by Gasteiger charge is -2.12. The van der Waals surface area contributed by atoms with E-state index >= 15 is 0 Å². The predicted molar refractivity (Wildman–Crippen MR) is 80.9 cm³/mol. The first-order chi connectivity index (χ1) is 9.54. The zero-order valence-electron chi connectivity index (χ0n) is 12.2. The van der Waals surface area contributed by atoms with E-state index < -0.39 is 10.0 Å². The smallest absolute Gasteiger partial charge is 0.240 e. The molecule has 2 N–H and O–H groups in total. The Morgan fingerprint density at radius 3 is 2.65 bits per heavy atom. The molecule has 0 bridgehead atoms. The Bertz CT molecular complexity index is 543. The Kier molecular flexibility index (Phi) is 5.18. The third kappa shape index (κ3) is 4.04. The van der Waals surface area contributed by atoms with Crippen molar-refractivity contribution in [2.45, 2.75) is 38.1 Å². The zero-order chi connectivity index (χ0) is 14.6. The van der Waals surface area contributed by atoms with Crippen molar-refractivity contribution in [2.75, 3.05) is 13.1 Å². The highest BCUT2D eigenvalue weighted by atomic mass is 32.2. The first-order valence-electron chi connectivity index (χ1n) is 7.33. The minimum atomic E-state index is -3.40. The van der Waals surface area contributed by atoms with E-state index in [4.69, 9.17) is 0 Å². The summed E-state index contributed by atoms with van der Waals surface area (Å²) in [5.74, 6) is 1.16. The van der Waals surface area contributed by atoms with Crippen molar-refractivity contribution in [3.8, 4) is 0 Å². The molecule has 0 aliphatic heterocycles. The van der Waals surface area contributed by atoms with Gasteiger partial charge in [0, 0.05) is 13.1 Å². The zero-order valence-corrected chi connectivity index (χ0v) is 13.0. The summed E-state index contributed by atoms with van der Waals surface area (Å²) in [6.45, 7) is 6.28. The summed E-state index contributed by atoms with van der Waals surface area (Å²) in [6, 6.07) is 7.21. The molecule has 20 heavy (non-hydrogen) atoms. The van der Waals surface area contributed by atoms with E-state index in [1.807, 2.05) is 12.1 Å². The highest BCUT2D eigenvalue weighted by molar-refractivity contribution is 7.89. The maximum Gasteiger partial charge on any atom is 0.240 e. The van der Waals surface area contributed by atoms with Crippen LogP contribution in [0.3, 0.4) is 0 Å². The molecule has 4 nitrogen and oxygen atoms in total. The molecule has 2 rings (SSSR count). The lowest BCUT2D eigenvalue weighted by Crippen LogP contribution is -2.28. The van der Waals surface area contributed by atoms with E-state index in [9.17, 15) is 8.42 Å². The van der Waals surface area contributed by atoms with Crippen molar-refractivity contribution in [3.63, 3.8) is 0 Å². The highest BCUT2D eigenvalue weighted by Crippen LogP contribution is 2.37. The molecule has 0 radical (unpaired) electrons. The van der Waals surface area contributed by atoms with Gasteiger partial charge in [-0.3, -0.25) is 0 Å². The molecule has 1 aromatic carbocycles. The minimum Gasteiger partial charge on any atom is -0.313 e.